The van der Waals surface area contributed by atoms with E-state index < -0.39 is 0 Å². The highest BCUT2D eigenvalue weighted by molar-refractivity contribution is 7.99. The van der Waals surface area contributed by atoms with Gasteiger partial charge in [-0.25, -0.2) is 4.98 Å². The molecule has 0 spiro atoms. The van der Waals surface area contributed by atoms with Crippen molar-refractivity contribution in [1.29, 1.82) is 0 Å². The predicted octanol–water partition coefficient (Wildman–Crippen LogP) is 5.17. The number of benzene rings is 3. The molecule has 0 bridgehead atoms. The van der Waals surface area contributed by atoms with Crippen molar-refractivity contribution in [3.05, 3.63) is 96.3 Å². The van der Waals surface area contributed by atoms with Gasteiger partial charge >= 0.3 is 0 Å². The molecule has 192 valence electrons. The zero-order valence-corrected chi connectivity index (χ0v) is 21.9. The van der Waals surface area contributed by atoms with Crippen LogP contribution in [0.25, 0.3) is 21.8 Å². The molecule has 1 aliphatic heterocycles. The number of rotatable bonds is 8. The van der Waals surface area contributed by atoms with Crippen molar-refractivity contribution in [2.45, 2.75) is 36.0 Å². The number of ether oxygens (including phenoxy) is 1. The smallest absolute Gasteiger partial charge is 0.237 e. The van der Waals surface area contributed by atoms with Gasteiger partial charge < -0.3 is 15.0 Å². The number of methoxy groups -OCH3 is 1. The molecule has 1 amide bonds. The average molecular weight is 524 g/mol. The molecule has 0 aliphatic carbocycles. The lowest BCUT2D eigenvalue weighted by Gasteiger charge is -2.25. The van der Waals surface area contributed by atoms with Crippen LogP contribution in [0.1, 0.15) is 17.5 Å². The Labute approximate surface area is 225 Å². The topological polar surface area (TPSA) is 83.1 Å². The van der Waals surface area contributed by atoms with E-state index in [1.54, 1.807) is 31.3 Å². The van der Waals surface area contributed by atoms with Gasteiger partial charge in [-0.05, 0) is 47.0 Å². The molecule has 8 heteroatoms. The first kappa shape index (κ1) is 24.5. The summed E-state index contributed by atoms with van der Waals surface area (Å²) in [6.45, 7) is 1.84. The van der Waals surface area contributed by atoms with Gasteiger partial charge in [0, 0.05) is 42.8 Å². The Morgan fingerprint density at radius 2 is 1.97 bits per heavy atom. The highest BCUT2D eigenvalue weighted by Crippen LogP contribution is 2.36. The molecule has 0 unspecified atom stereocenters. The van der Waals surface area contributed by atoms with Crippen LogP contribution in [0.2, 0.25) is 0 Å². The van der Waals surface area contributed by atoms with Crippen LogP contribution in [0.4, 0.5) is 0 Å². The van der Waals surface area contributed by atoms with Gasteiger partial charge in [0.25, 0.3) is 0 Å². The zero-order valence-electron chi connectivity index (χ0n) is 21.1. The van der Waals surface area contributed by atoms with Crippen molar-refractivity contribution < 1.29 is 9.53 Å². The summed E-state index contributed by atoms with van der Waals surface area (Å²) >= 11 is 1.71. The number of carbonyl (C=O) groups is 1. The largest absolute Gasteiger partial charge is 0.496 e. The van der Waals surface area contributed by atoms with Gasteiger partial charge in [-0.1, -0.05) is 60.3 Å². The Morgan fingerprint density at radius 1 is 1.11 bits per heavy atom. The molecule has 3 aromatic carbocycles. The number of pyridine rings is 1. The quantitative estimate of drug-likeness (QED) is 0.292. The van der Waals surface area contributed by atoms with Crippen molar-refractivity contribution in [3.63, 3.8) is 0 Å². The number of hydrogen-bond acceptors (Lipinski definition) is 6. The van der Waals surface area contributed by atoms with E-state index >= 15 is 0 Å². The van der Waals surface area contributed by atoms with Crippen LogP contribution in [0.5, 0.6) is 5.75 Å². The summed E-state index contributed by atoms with van der Waals surface area (Å²) in [4.78, 5) is 28.2. The lowest BCUT2D eigenvalue weighted by molar-refractivity contribution is -0.125. The van der Waals surface area contributed by atoms with Crippen molar-refractivity contribution in [2.75, 3.05) is 13.7 Å². The predicted molar refractivity (Wildman–Crippen MR) is 151 cm³/mol. The molecule has 1 fully saturated rings. The SMILES string of the molecule is COc1ccc2ccccc2c1CN1C[C@H](Sc2nc3ccccc3[nH]2)C[C@H]1C(=O)NCc1cccnc1. The van der Waals surface area contributed by atoms with Gasteiger partial charge in [0.1, 0.15) is 5.75 Å². The second kappa shape index (κ2) is 10.8. The minimum Gasteiger partial charge on any atom is -0.496 e. The Kier molecular flexibility index (Phi) is 6.98. The highest BCUT2D eigenvalue weighted by Gasteiger charge is 2.38. The zero-order chi connectivity index (χ0) is 25.9. The number of nitrogens with zero attached hydrogens (tertiary/aromatic N) is 3. The fraction of sp³-hybridized carbons (Fsp3) is 0.233. The molecular weight excluding hydrogens is 494 g/mol. The number of nitrogens with one attached hydrogen (secondary N) is 2. The summed E-state index contributed by atoms with van der Waals surface area (Å²) in [6, 6.07) is 24.1. The number of hydrogen-bond donors (Lipinski definition) is 2. The number of thioether (sulfide) groups is 1. The number of fused-ring (bicyclic) bond motifs is 2. The van der Waals surface area contributed by atoms with E-state index in [9.17, 15) is 4.79 Å². The number of para-hydroxylation sites is 2. The van der Waals surface area contributed by atoms with E-state index in [0.717, 1.165) is 56.8 Å². The molecule has 6 rings (SSSR count). The van der Waals surface area contributed by atoms with Gasteiger partial charge in [0.2, 0.25) is 5.91 Å². The molecular formula is C30H29N5O2S. The summed E-state index contributed by atoms with van der Waals surface area (Å²) < 4.78 is 5.77. The molecule has 0 radical (unpaired) electrons. The van der Waals surface area contributed by atoms with E-state index in [-0.39, 0.29) is 17.2 Å². The third-order valence-corrected chi connectivity index (χ3v) is 8.17. The van der Waals surface area contributed by atoms with Crippen LogP contribution in [0.15, 0.2) is 90.3 Å². The van der Waals surface area contributed by atoms with Gasteiger partial charge in [0.05, 0.1) is 24.2 Å². The molecule has 38 heavy (non-hydrogen) atoms. The molecule has 2 N–H and O–H groups in total. The minimum atomic E-state index is -0.266. The summed E-state index contributed by atoms with van der Waals surface area (Å²) in [5.41, 5.74) is 4.06. The Balaban J connectivity index is 1.26. The number of aromatic amines is 1. The number of amides is 1. The molecule has 3 heterocycles. The summed E-state index contributed by atoms with van der Waals surface area (Å²) in [7, 11) is 1.70. The van der Waals surface area contributed by atoms with Crippen molar-refractivity contribution in [3.8, 4) is 5.75 Å². The maximum Gasteiger partial charge on any atom is 0.237 e. The first-order valence-corrected chi connectivity index (χ1v) is 13.6. The summed E-state index contributed by atoms with van der Waals surface area (Å²) in [6.07, 6.45) is 4.25. The molecule has 5 aromatic rings. The molecule has 2 atom stereocenters. The minimum absolute atomic E-state index is 0.0285. The third-order valence-electron chi connectivity index (χ3n) is 7.08. The van der Waals surface area contributed by atoms with Crippen LogP contribution < -0.4 is 10.1 Å². The molecule has 0 saturated carbocycles. The lowest BCUT2D eigenvalue weighted by Crippen LogP contribution is -2.42. The van der Waals surface area contributed by atoms with Crippen molar-refractivity contribution in [2.24, 2.45) is 0 Å². The van der Waals surface area contributed by atoms with Gasteiger partial charge in [-0.15, -0.1) is 0 Å². The number of likely N-dealkylation sites (tertiary alicyclic amines) is 1. The van der Waals surface area contributed by atoms with E-state index in [4.69, 9.17) is 9.72 Å². The summed E-state index contributed by atoms with van der Waals surface area (Å²) in [5, 5.41) is 6.55. The lowest BCUT2D eigenvalue weighted by atomic mass is 10.0. The second-order valence-electron chi connectivity index (χ2n) is 9.53. The maximum atomic E-state index is 13.5. The third kappa shape index (κ3) is 5.10. The number of carbonyl (C=O) groups excluding carboxylic acids is 1. The van der Waals surface area contributed by atoms with Crippen LogP contribution in [-0.4, -0.2) is 50.7 Å². The Bertz CT molecular complexity index is 1540. The Morgan fingerprint density at radius 3 is 2.82 bits per heavy atom. The molecule has 1 saturated heterocycles. The van der Waals surface area contributed by atoms with Crippen molar-refractivity contribution >= 4 is 39.5 Å². The first-order chi connectivity index (χ1) is 18.7. The maximum absolute atomic E-state index is 13.5. The van der Waals surface area contributed by atoms with Gasteiger partial charge in [-0.2, -0.15) is 0 Å². The summed E-state index contributed by atoms with van der Waals surface area (Å²) in [5.74, 6) is 0.868. The standard InChI is InChI=1S/C30H29N5O2S/c1-37-28-13-12-21-8-2-3-9-23(21)24(28)19-35-18-22(38-30-33-25-10-4-5-11-26(25)34-30)15-27(35)29(36)32-17-20-7-6-14-31-16-20/h2-14,16,22,27H,15,17-19H2,1H3,(H,32,36)(H,33,34)/t22-,27+/m1/s1. The monoisotopic (exact) mass is 523 g/mol. The molecule has 2 aromatic heterocycles. The first-order valence-electron chi connectivity index (χ1n) is 12.7. The highest BCUT2D eigenvalue weighted by atomic mass is 32.2. The van der Waals surface area contributed by atoms with E-state index in [1.807, 2.05) is 54.6 Å². The van der Waals surface area contributed by atoms with Gasteiger partial charge in [-0.3, -0.25) is 14.7 Å². The normalized spacial score (nSPS) is 17.7. The molecule has 1 aliphatic rings. The van der Waals surface area contributed by atoms with E-state index in [2.05, 4.69) is 38.4 Å². The Hall–Kier alpha value is -3.88. The van der Waals surface area contributed by atoms with Crippen LogP contribution >= 0.6 is 11.8 Å². The van der Waals surface area contributed by atoms with Crippen LogP contribution in [0.3, 0.4) is 0 Å². The van der Waals surface area contributed by atoms with Crippen LogP contribution in [0, 0.1) is 0 Å². The number of aromatic nitrogens is 3. The molecule has 7 nitrogen and oxygen atoms in total. The second-order valence-corrected chi connectivity index (χ2v) is 10.8. The number of H-pyrrole nitrogens is 1. The fourth-order valence-corrected chi connectivity index (χ4v) is 6.40. The van der Waals surface area contributed by atoms with Crippen LogP contribution in [-0.2, 0) is 17.9 Å². The average Bonchev–Trinajstić information content (AvgIpc) is 3.55. The van der Waals surface area contributed by atoms with E-state index in [1.165, 1.54) is 0 Å². The fourth-order valence-electron chi connectivity index (χ4n) is 5.22. The van der Waals surface area contributed by atoms with E-state index in [0.29, 0.717) is 13.1 Å². The number of imidazole rings is 1. The van der Waals surface area contributed by atoms with Gasteiger partial charge in [0.15, 0.2) is 5.16 Å². The van der Waals surface area contributed by atoms with Crippen molar-refractivity contribution in [1.82, 2.24) is 25.2 Å².